The number of aryl methyl sites for hydroxylation is 2. The van der Waals surface area contributed by atoms with Crippen molar-refractivity contribution in [3.05, 3.63) is 83.9 Å². The average Bonchev–Trinajstić information content (AvgIpc) is 2.84. The van der Waals surface area contributed by atoms with Gasteiger partial charge in [0.05, 0.1) is 10.6 Å². The Kier molecular flexibility index (Phi) is 7.22. The van der Waals surface area contributed by atoms with Gasteiger partial charge in [0, 0.05) is 24.5 Å². The fourth-order valence-electron chi connectivity index (χ4n) is 4.17. The number of carbonyl (C=O) groups excluding carboxylic acids is 1. The summed E-state index contributed by atoms with van der Waals surface area (Å²) in [6.07, 6.45) is 3.67. The zero-order valence-corrected chi connectivity index (χ0v) is 20.5. The van der Waals surface area contributed by atoms with E-state index in [0.29, 0.717) is 11.4 Å². The summed E-state index contributed by atoms with van der Waals surface area (Å²) in [5, 5.41) is 2.86. The van der Waals surface area contributed by atoms with Gasteiger partial charge in [0.2, 0.25) is 5.91 Å². The number of amides is 1. The summed E-state index contributed by atoms with van der Waals surface area (Å²) in [6, 6.07) is 21.6. The van der Waals surface area contributed by atoms with Crippen molar-refractivity contribution >= 4 is 33.0 Å². The van der Waals surface area contributed by atoms with E-state index in [0.717, 1.165) is 29.9 Å². The van der Waals surface area contributed by atoms with E-state index in [-0.39, 0.29) is 11.4 Å². The first-order valence-corrected chi connectivity index (χ1v) is 13.1. The number of piperidine rings is 1. The molecule has 3 aromatic carbocycles. The number of nitrogens with one attached hydrogen (secondary N) is 1. The Morgan fingerprint density at radius 1 is 0.882 bits per heavy atom. The van der Waals surface area contributed by atoms with Gasteiger partial charge in [-0.05, 0) is 87.2 Å². The molecule has 1 fully saturated rings. The zero-order chi connectivity index (χ0) is 24.1. The number of hydrogen-bond donors (Lipinski definition) is 1. The van der Waals surface area contributed by atoms with Crippen LogP contribution in [0, 0.1) is 13.8 Å². The van der Waals surface area contributed by atoms with Crippen LogP contribution in [-0.2, 0) is 14.8 Å². The van der Waals surface area contributed by atoms with Gasteiger partial charge < -0.3 is 10.2 Å². The highest BCUT2D eigenvalue weighted by Crippen LogP contribution is 2.26. The second-order valence-corrected chi connectivity index (χ2v) is 10.7. The number of hydrogen-bond acceptors (Lipinski definition) is 4. The average molecular weight is 478 g/mol. The third kappa shape index (κ3) is 5.59. The molecular formula is C27H31N3O3S. The van der Waals surface area contributed by atoms with E-state index in [4.69, 9.17) is 0 Å². The summed E-state index contributed by atoms with van der Waals surface area (Å²) in [5.41, 5.74) is 4.11. The molecule has 178 valence electrons. The highest BCUT2D eigenvalue weighted by Gasteiger charge is 2.27. The summed E-state index contributed by atoms with van der Waals surface area (Å²) in [6.45, 7) is 5.57. The topological polar surface area (TPSA) is 69.7 Å². The maximum Gasteiger partial charge on any atom is 0.264 e. The van der Waals surface area contributed by atoms with Crippen LogP contribution >= 0.6 is 0 Å². The lowest BCUT2D eigenvalue weighted by atomic mass is 10.1. The van der Waals surface area contributed by atoms with Crippen molar-refractivity contribution < 1.29 is 13.2 Å². The van der Waals surface area contributed by atoms with Crippen LogP contribution in [0.2, 0.25) is 0 Å². The molecule has 3 aromatic rings. The smallest absolute Gasteiger partial charge is 0.264 e. The van der Waals surface area contributed by atoms with Gasteiger partial charge in [-0.15, -0.1) is 0 Å². The molecule has 0 bridgehead atoms. The van der Waals surface area contributed by atoms with Crippen molar-refractivity contribution in [2.75, 3.05) is 34.2 Å². The standard InChI is InChI=1S/C27H31N3O3S/c1-21-9-15-26(16-10-21)34(32,33)30(25-8-6-7-22(2)19-25)20-27(31)28-23-11-13-24(14-12-23)29-17-4-3-5-18-29/h6-16,19H,3-5,17-18,20H2,1-2H3,(H,28,31). The van der Waals surface area contributed by atoms with E-state index in [1.54, 1.807) is 42.5 Å². The molecule has 1 aliphatic rings. The molecule has 7 heteroatoms. The second kappa shape index (κ2) is 10.3. The lowest BCUT2D eigenvalue weighted by molar-refractivity contribution is -0.114. The number of carbonyl (C=O) groups is 1. The molecular weight excluding hydrogens is 446 g/mol. The van der Waals surface area contributed by atoms with Gasteiger partial charge in [-0.3, -0.25) is 9.10 Å². The highest BCUT2D eigenvalue weighted by atomic mass is 32.2. The molecule has 0 spiro atoms. The number of rotatable bonds is 7. The molecule has 0 saturated carbocycles. The number of benzene rings is 3. The van der Waals surface area contributed by atoms with Crippen molar-refractivity contribution in [1.82, 2.24) is 0 Å². The quantitative estimate of drug-likeness (QED) is 0.512. The first-order valence-electron chi connectivity index (χ1n) is 11.6. The zero-order valence-electron chi connectivity index (χ0n) is 19.7. The minimum atomic E-state index is -3.93. The molecule has 1 aliphatic heterocycles. The Balaban J connectivity index is 1.54. The van der Waals surface area contributed by atoms with Crippen LogP contribution in [-0.4, -0.2) is 34.0 Å². The summed E-state index contributed by atoms with van der Waals surface area (Å²) < 4.78 is 28.2. The van der Waals surface area contributed by atoms with Crippen molar-refractivity contribution in [2.24, 2.45) is 0 Å². The van der Waals surface area contributed by atoms with Crippen LogP contribution in [0.1, 0.15) is 30.4 Å². The molecule has 4 rings (SSSR count). The van der Waals surface area contributed by atoms with E-state index in [9.17, 15) is 13.2 Å². The second-order valence-electron chi connectivity index (χ2n) is 8.81. The molecule has 0 radical (unpaired) electrons. The molecule has 0 aromatic heterocycles. The first-order chi connectivity index (χ1) is 16.3. The minimum Gasteiger partial charge on any atom is -0.372 e. The summed E-state index contributed by atoms with van der Waals surface area (Å²) in [5.74, 6) is -0.400. The Bertz CT molecular complexity index is 1230. The highest BCUT2D eigenvalue weighted by molar-refractivity contribution is 7.92. The van der Waals surface area contributed by atoms with Gasteiger partial charge in [-0.25, -0.2) is 8.42 Å². The summed E-state index contributed by atoms with van der Waals surface area (Å²) in [4.78, 5) is 15.5. The van der Waals surface area contributed by atoms with E-state index in [1.807, 2.05) is 44.2 Å². The fraction of sp³-hybridized carbons (Fsp3) is 0.296. The normalized spacial score (nSPS) is 14.0. The van der Waals surface area contributed by atoms with Crippen LogP contribution in [0.4, 0.5) is 17.1 Å². The minimum absolute atomic E-state index is 0.151. The van der Waals surface area contributed by atoms with Crippen molar-refractivity contribution in [2.45, 2.75) is 38.0 Å². The summed E-state index contributed by atoms with van der Waals surface area (Å²) in [7, 11) is -3.93. The van der Waals surface area contributed by atoms with Gasteiger partial charge in [-0.2, -0.15) is 0 Å². The predicted octanol–water partition coefficient (Wildman–Crippen LogP) is 5.13. The maximum atomic E-state index is 13.5. The van der Waals surface area contributed by atoms with E-state index >= 15 is 0 Å². The maximum absolute atomic E-state index is 13.5. The molecule has 1 heterocycles. The van der Waals surface area contributed by atoms with E-state index < -0.39 is 15.9 Å². The van der Waals surface area contributed by atoms with Crippen molar-refractivity contribution in [1.29, 1.82) is 0 Å². The number of nitrogens with zero attached hydrogens (tertiary/aromatic N) is 2. The monoisotopic (exact) mass is 477 g/mol. The Morgan fingerprint density at radius 3 is 2.21 bits per heavy atom. The molecule has 6 nitrogen and oxygen atoms in total. The van der Waals surface area contributed by atoms with Gasteiger partial charge in [0.15, 0.2) is 0 Å². The lowest BCUT2D eigenvalue weighted by Crippen LogP contribution is -2.38. The molecule has 1 N–H and O–H groups in total. The SMILES string of the molecule is Cc1ccc(S(=O)(=O)N(CC(=O)Nc2ccc(N3CCCCC3)cc2)c2cccc(C)c2)cc1. The van der Waals surface area contributed by atoms with Crippen LogP contribution in [0.25, 0.3) is 0 Å². The fourth-order valence-corrected chi connectivity index (χ4v) is 5.59. The van der Waals surface area contributed by atoms with E-state index in [2.05, 4.69) is 10.2 Å². The van der Waals surface area contributed by atoms with Gasteiger partial charge in [-0.1, -0.05) is 29.8 Å². The number of sulfonamides is 1. The van der Waals surface area contributed by atoms with E-state index in [1.165, 1.54) is 23.6 Å². The first kappa shape index (κ1) is 23.8. The molecule has 0 unspecified atom stereocenters. The third-order valence-corrected chi connectivity index (χ3v) is 7.85. The van der Waals surface area contributed by atoms with Crippen LogP contribution in [0.3, 0.4) is 0 Å². The number of anilines is 3. The molecule has 34 heavy (non-hydrogen) atoms. The van der Waals surface area contributed by atoms with Gasteiger partial charge in [0.25, 0.3) is 10.0 Å². The third-order valence-electron chi connectivity index (χ3n) is 6.06. The Morgan fingerprint density at radius 2 is 1.56 bits per heavy atom. The van der Waals surface area contributed by atoms with Crippen molar-refractivity contribution in [3.8, 4) is 0 Å². The largest absolute Gasteiger partial charge is 0.372 e. The predicted molar refractivity (Wildman–Crippen MR) is 138 cm³/mol. The lowest BCUT2D eigenvalue weighted by Gasteiger charge is -2.29. The molecule has 1 saturated heterocycles. The van der Waals surface area contributed by atoms with Crippen LogP contribution in [0.15, 0.2) is 77.7 Å². The van der Waals surface area contributed by atoms with Gasteiger partial charge >= 0.3 is 0 Å². The van der Waals surface area contributed by atoms with Gasteiger partial charge in [0.1, 0.15) is 6.54 Å². The Hall–Kier alpha value is -3.32. The van der Waals surface area contributed by atoms with Crippen LogP contribution < -0.4 is 14.5 Å². The molecule has 0 aliphatic carbocycles. The Labute approximate surface area is 202 Å². The van der Waals surface area contributed by atoms with Crippen LogP contribution in [0.5, 0.6) is 0 Å². The van der Waals surface area contributed by atoms with Crippen molar-refractivity contribution in [3.63, 3.8) is 0 Å². The molecule has 0 atom stereocenters. The molecule has 1 amide bonds. The summed E-state index contributed by atoms with van der Waals surface area (Å²) >= 11 is 0.